The highest BCUT2D eigenvalue weighted by Crippen LogP contribution is 2.54. The second kappa shape index (κ2) is 7.92. The molecule has 1 aliphatic heterocycles. The molecule has 1 aromatic heterocycles. The number of fused-ring (bicyclic) bond motifs is 5. The van der Waals surface area contributed by atoms with Crippen LogP contribution in [0, 0.1) is 12.8 Å². The summed E-state index contributed by atoms with van der Waals surface area (Å²) in [6, 6.07) is 14.6. The van der Waals surface area contributed by atoms with Crippen molar-refractivity contribution in [2.45, 2.75) is 68.5 Å². The van der Waals surface area contributed by atoms with Gasteiger partial charge in [-0.05, 0) is 61.6 Å². The predicted molar refractivity (Wildman–Crippen MR) is 131 cm³/mol. The Labute approximate surface area is 200 Å². The van der Waals surface area contributed by atoms with Crippen LogP contribution in [0.5, 0.6) is 0 Å². The zero-order chi connectivity index (χ0) is 23.5. The number of ketones is 1. The maximum absolute atomic E-state index is 13.9. The number of aromatic nitrogens is 1. The van der Waals surface area contributed by atoms with Crippen LogP contribution >= 0.6 is 0 Å². The molecule has 34 heavy (non-hydrogen) atoms. The lowest BCUT2D eigenvalue weighted by Crippen LogP contribution is -2.50. The number of allylic oxidation sites excluding steroid dienone is 1. The van der Waals surface area contributed by atoms with E-state index in [1.165, 1.54) is 23.2 Å². The normalized spacial score (nSPS) is 25.3. The summed E-state index contributed by atoms with van der Waals surface area (Å²) in [5, 5.41) is 0.907. The Morgan fingerprint density at radius 3 is 2.50 bits per heavy atom. The second-order valence-corrected chi connectivity index (χ2v) is 11.8. The molecule has 2 heterocycles. The Kier molecular flexibility index (Phi) is 5.08. The fourth-order valence-corrected chi connectivity index (χ4v) is 7.98. The molecule has 0 amide bonds. The lowest BCUT2D eigenvalue weighted by Gasteiger charge is -2.49. The number of carbonyl (C=O) groups excluding carboxylic acids is 1. The summed E-state index contributed by atoms with van der Waals surface area (Å²) in [5.41, 5.74) is 2.73. The maximum Gasteiger partial charge on any atom is 0.268 e. The fraction of sp³-hybridized carbons (Fsp3) is 0.393. The molecule has 176 valence electrons. The largest absolute Gasteiger partial charge is 0.364 e. The summed E-state index contributed by atoms with van der Waals surface area (Å²) < 4.78 is 36.0. The molecule has 6 heteroatoms. The molecule has 0 spiro atoms. The van der Waals surface area contributed by atoms with Crippen LogP contribution in [0.4, 0.5) is 0 Å². The number of hydrogen-bond acceptors (Lipinski definition) is 4. The highest BCUT2D eigenvalue weighted by Gasteiger charge is 2.52. The van der Waals surface area contributed by atoms with Gasteiger partial charge < -0.3 is 4.74 Å². The fourth-order valence-electron chi connectivity index (χ4n) is 6.43. The first kappa shape index (κ1) is 21.8. The number of para-hydroxylation sites is 1. The smallest absolute Gasteiger partial charge is 0.268 e. The third kappa shape index (κ3) is 3.15. The summed E-state index contributed by atoms with van der Waals surface area (Å²) in [6.07, 6.45) is 9.76. The number of nitrogens with zero attached hydrogens (tertiary/aromatic N) is 1. The Balaban J connectivity index is 1.59. The highest BCUT2D eigenvalue weighted by atomic mass is 32.2. The first-order chi connectivity index (χ1) is 16.4. The van der Waals surface area contributed by atoms with Gasteiger partial charge in [-0.25, -0.2) is 12.4 Å². The topological polar surface area (TPSA) is 65.4 Å². The molecular formula is C28H29NO4S. The molecule has 3 aromatic rings. The summed E-state index contributed by atoms with van der Waals surface area (Å²) >= 11 is 0. The Morgan fingerprint density at radius 1 is 1.00 bits per heavy atom. The molecule has 0 N–H and O–H groups in total. The molecular weight excluding hydrogens is 446 g/mol. The van der Waals surface area contributed by atoms with Gasteiger partial charge in [-0.3, -0.25) is 4.79 Å². The van der Waals surface area contributed by atoms with Gasteiger partial charge in [0.25, 0.3) is 10.0 Å². The van der Waals surface area contributed by atoms with Crippen LogP contribution in [0.25, 0.3) is 10.9 Å². The van der Waals surface area contributed by atoms with Crippen LogP contribution < -0.4 is 0 Å². The minimum absolute atomic E-state index is 0.0751. The van der Waals surface area contributed by atoms with Crippen LogP contribution in [0.2, 0.25) is 0 Å². The zero-order valence-corrected chi connectivity index (χ0v) is 20.2. The summed E-state index contributed by atoms with van der Waals surface area (Å²) in [5.74, 6) is 0.224. The lowest BCUT2D eigenvalue weighted by atomic mass is 9.63. The lowest BCUT2D eigenvalue weighted by molar-refractivity contribution is -0.128. The quantitative estimate of drug-likeness (QED) is 0.491. The van der Waals surface area contributed by atoms with Crippen LogP contribution in [0.3, 0.4) is 0 Å². The first-order valence-corrected chi connectivity index (χ1v) is 13.7. The van der Waals surface area contributed by atoms with Crippen molar-refractivity contribution in [2.24, 2.45) is 5.92 Å². The van der Waals surface area contributed by atoms with Crippen molar-refractivity contribution in [3.8, 4) is 0 Å². The summed E-state index contributed by atoms with van der Waals surface area (Å²) in [7, 11) is -3.84. The van der Waals surface area contributed by atoms with E-state index < -0.39 is 15.6 Å². The van der Waals surface area contributed by atoms with Gasteiger partial charge in [0.15, 0.2) is 5.78 Å². The van der Waals surface area contributed by atoms with Crippen LogP contribution in [-0.2, 0) is 26.2 Å². The van der Waals surface area contributed by atoms with E-state index in [0.717, 1.165) is 29.4 Å². The monoisotopic (exact) mass is 475 g/mol. The number of aryl methyl sites for hydroxylation is 1. The maximum atomic E-state index is 13.9. The number of carbonyl (C=O) groups is 1. The highest BCUT2D eigenvalue weighted by molar-refractivity contribution is 7.90. The number of ether oxygens (including phenoxy) is 1. The van der Waals surface area contributed by atoms with Crippen LogP contribution in [-0.4, -0.2) is 23.8 Å². The molecule has 5 nitrogen and oxygen atoms in total. The molecule has 0 radical (unpaired) electrons. The molecule has 2 atom stereocenters. The molecule has 0 saturated heterocycles. The molecule has 0 unspecified atom stereocenters. The van der Waals surface area contributed by atoms with Crippen molar-refractivity contribution in [1.29, 1.82) is 0 Å². The number of hydrogen-bond donors (Lipinski definition) is 0. The van der Waals surface area contributed by atoms with Gasteiger partial charge >= 0.3 is 0 Å². The van der Waals surface area contributed by atoms with Crippen molar-refractivity contribution in [3.05, 3.63) is 77.5 Å². The molecule has 1 saturated carbocycles. The molecule has 2 aliphatic carbocycles. The van der Waals surface area contributed by atoms with E-state index in [1.54, 1.807) is 18.2 Å². The van der Waals surface area contributed by atoms with E-state index in [4.69, 9.17) is 4.74 Å². The van der Waals surface area contributed by atoms with Crippen LogP contribution in [0.1, 0.15) is 61.3 Å². The minimum Gasteiger partial charge on any atom is -0.364 e. The van der Waals surface area contributed by atoms with E-state index in [9.17, 15) is 13.2 Å². The zero-order valence-electron chi connectivity index (χ0n) is 19.4. The van der Waals surface area contributed by atoms with Crippen LogP contribution in [0.15, 0.2) is 65.6 Å². The summed E-state index contributed by atoms with van der Waals surface area (Å²) in [4.78, 5) is 12.9. The van der Waals surface area contributed by atoms with Gasteiger partial charge in [0.2, 0.25) is 0 Å². The van der Waals surface area contributed by atoms with Gasteiger partial charge in [0.05, 0.1) is 28.3 Å². The third-order valence-corrected chi connectivity index (χ3v) is 9.82. The molecule has 2 aromatic carbocycles. The van der Waals surface area contributed by atoms with E-state index in [1.807, 2.05) is 49.4 Å². The average Bonchev–Trinajstić information content (AvgIpc) is 3.20. The predicted octanol–water partition coefficient (Wildman–Crippen LogP) is 5.65. The van der Waals surface area contributed by atoms with Gasteiger partial charge in [-0.2, -0.15) is 0 Å². The van der Waals surface area contributed by atoms with Crippen molar-refractivity contribution in [1.82, 2.24) is 3.97 Å². The Morgan fingerprint density at radius 2 is 1.74 bits per heavy atom. The van der Waals surface area contributed by atoms with Crippen molar-refractivity contribution >= 4 is 26.7 Å². The van der Waals surface area contributed by atoms with E-state index >= 15 is 0 Å². The van der Waals surface area contributed by atoms with E-state index in [0.29, 0.717) is 23.5 Å². The van der Waals surface area contributed by atoms with E-state index in [2.05, 4.69) is 0 Å². The van der Waals surface area contributed by atoms with Gasteiger partial charge in [0, 0.05) is 17.7 Å². The average molecular weight is 476 g/mol. The van der Waals surface area contributed by atoms with Crippen molar-refractivity contribution in [3.63, 3.8) is 0 Å². The van der Waals surface area contributed by atoms with Crippen molar-refractivity contribution < 1.29 is 17.9 Å². The minimum atomic E-state index is -3.84. The molecule has 3 aliphatic rings. The SMILES string of the molecule is Cc1ccc(S(=O)(=O)n2c3c(c4ccccc42)[C@H]2CC(=O)C=C[C@@]2(C2CCCCC2)OC3)cc1. The molecule has 1 fully saturated rings. The Bertz CT molecular complexity index is 1410. The Hall–Kier alpha value is -2.70. The number of benzene rings is 2. The first-order valence-electron chi connectivity index (χ1n) is 12.2. The van der Waals surface area contributed by atoms with E-state index in [-0.39, 0.29) is 23.2 Å². The van der Waals surface area contributed by atoms with Gasteiger partial charge in [-0.15, -0.1) is 0 Å². The standard InChI is InChI=1S/C28H29NO4S/c1-19-11-13-22(14-12-19)34(31,32)29-25-10-6-5-9-23(25)27-24-17-21(30)15-16-28(24,33-18-26(27)29)20-7-3-2-4-8-20/h5-6,9-16,20,24H,2-4,7-8,17-18H2,1H3/t24-,28+/m1/s1. The van der Waals surface area contributed by atoms with Gasteiger partial charge in [0.1, 0.15) is 0 Å². The van der Waals surface area contributed by atoms with Crippen molar-refractivity contribution in [2.75, 3.05) is 0 Å². The summed E-state index contributed by atoms with van der Waals surface area (Å²) in [6.45, 7) is 2.15. The molecule has 0 bridgehead atoms. The molecule has 6 rings (SSSR count). The second-order valence-electron chi connectivity index (χ2n) is 9.99. The third-order valence-electron chi connectivity index (χ3n) is 8.06. The number of rotatable bonds is 3. The van der Waals surface area contributed by atoms with Gasteiger partial charge in [-0.1, -0.05) is 55.2 Å².